The molecule has 200 valence electrons. The summed E-state index contributed by atoms with van der Waals surface area (Å²) >= 11 is 0. The maximum atomic E-state index is 14.3. The molecule has 3 heterocycles. The lowest BCUT2D eigenvalue weighted by molar-refractivity contribution is -0.134. The number of anilines is 1. The maximum absolute atomic E-state index is 14.3. The minimum Gasteiger partial charge on any atom is -0.486 e. The van der Waals surface area contributed by atoms with Crippen LogP contribution in [0.5, 0.6) is 5.75 Å². The Kier molecular flexibility index (Phi) is 6.74. The fourth-order valence-corrected chi connectivity index (χ4v) is 4.83. The van der Waals surface area contributed by atoms with E-state index in [4.69, 9.17) is 4.74 Å². The van der Waals surface area contributed by atoms with E-state index in [0.29, 0.717) is 26.2 Å². The topological polar surface area (TPSA) is 104 Å². The highest BCUT2D eigenvalue weighted by molar-refractivity contribution is 6.00. The van der Waals surface area contributed by atoms with Crippen LogP contribution >= 0.6 is 0 Å². The van der Waals surface area contributed by atoms with Crippen molar-refractivity contribution in [3.63, 3.8) is 0 Å². The number of hydrogen-bond donors (Lipinski definition) is 2. The maximum Gasteiger partial charge on any atom is 0.257 e. The minimum absolute atomic E-state index is 0.00590. The highest BCUT2D eigenvalue weighted by Crippen LogP contribution is 2.35. The number of nitrogens with zero attached hydrogens (tertiary/aromatic N) is 3. The second-order valence-corrected chi connectivity index (χ2v) is 9.33. The van der Waals surface area contributed by atoms with Gasteiger partial charge in [-0.1, -0.05) is 0 Å². The summed E-state index contributed by atoms with van der Waals surface area (Å²) in [7, 11) is 0. The number of pyridine rings is 1. The Morgan fingerprint density at radius 3 is 2.47 bits per heavy atom. The molecule has 1 fully saturated rings. The lowest BCUT2D eigenvalue weighted by atomic mass is 10.1. The predicted molar refractivity (Wildman–Crippen MR) is 132 cm³/mol. The van der Waals surface area contributed by atoms with Gasteiger partial charge in [-0.25, -0.2) is 8.78 Å². The summed E-state index contributed by atoms with van der Waals surface area (Å²) in [4.78, 5) is 42.8. The van der Waals surface area contributed by atoms with Gasteiger partial charge in [-0.05, 0) is 37.3 Å². The van der Waals surface area contributed by atoms with Gasteiger partial charge < -0.3 is 29.5 Å². The summed E-state index contributed by atoms with van der Waals surface area (Å²) in [5.41, 5.74) is -0.386. The van der Waals surface area contributed by atoms with Crippen LogP contribution in [-0.2, 0) is 4.79 Å². The van der Waals surface area contributed by atoms with Crippen molar-refractivity contribution in [1.29, 1.82) is 0 Å². The molecular weight excluding hydrogens is 505 g/mol. The van der Waals surface area contributed by atoms with E-state index in [1.165, 1.54) is 27.8 Å². The Bertz CT molecular complexity index is 1470. The Morgan fingerprint density at radius 2 is 1.82 bits per heavy atom. The smallest absolute Gasteiger partial charge is 0.257 e. The second-order valence-electron chi connectivity index (χ2n) is 9.33. The van der Waals surface area contributed by atoms with Crippen LogP contribution in [0.4, 0.5) is 18.9 Å². The van der Waals surface area contributed by atoms with Gasteiger partial charge in [0.2, 0.25) is 17.2 Å². The molecule has 5 rings (SSSR count). The molecule has 1 aromatic heterocycles. The monoisotopic (exact) mass is 530 g/mol. The summed E-state index contributed by atoms with van der Waals surface area (Å²) in [6.07, 6.45) is 1.23. The van der Waals surface area contributed by atoms with Crippen LogP contribution in [-0.4, -0.2) is 71.8 Å². The molecule has 1 saturated heterocycles. The number of amides is 2. The number of benzene rings is 2. The zero-order valence-electron chi connectivity index (χ0n) is 20.4. The molecule has 2 aromatic carbocycles. The molecule has 2 N–H and O–H groups in total. The van der Waals surface area contributed by atoms with E-state index in [0.717, 1.165) is 11.8 Å². The Labute approximate surface area is 215 Å². The molecule has 0 bridgehead atoms. The van der Waals surface area contributed by atoms with Crippen LogP contribution in [0.25, 0.3) is 10.9 Å². The number of carbonyl (C=O) groups is 2. The third-order valence-electron chi connectivity index (χ3n) is 6.92. The van der Waals surface area contributed by atoms with Gasteiger partial charge in [-0.15, -0.1) is 0 Å². The van der Waals surface area contributed by atoms with Crippen molar-refractivity contribution in [2.75, 3.05) is 44.3 Å². The normalized spacial score (nSPS) is 17.8. The standard InChI is InChI=1S/C26H25F3N4O5/c1-14-13-38-24-21(29)19(28)10-17-22(24)33(14)11-18(23(17)35)25(36)30-20(12-34)26(37)32-8-6-31(7-9-32)16-4-2-15(27)3-5-16/h2-5,10-11,14,20,34H,6-9,12-13H2,1H3,(H,30,36)/t14?,20-/m0/s1. The zero-order chi connectivity index (χ0) is 27.1. The SMILES string of the molecule is CC1COc2c(F)c(F)cc3c(=O)c(C(=O)N[C@@H](CO)C(=O)N4CCN(c5ccc(F)cc5)CC4)cn1c23. The molecule has 1 unspecified atom stereocenters. The molecule has 38 heavy (non-hydrogen) atoms. The largest absolute Gasteiger partial charge is 0.486 e. The van der Waals surface area contributed by atoms with E-state index in [1.807, 2.05) is 4.90 Å². The number of piperazine rings is 1. The molecule has 2 aliphatic heterocycles. The van der Waals surface area contributed by atoms with Gasteiger partial charge >= 0.3 is 0 Å². The molecule has 3 aromatic rings. The highest BCUT2D eigenvalue weighted by Gasteiger charge is 2.31. The number of hydrogen-bond acceptors (Lipinski definition) is 6. The number of aliphatic hydroxyl groups is 1. The van der Waals surface area contributed by atoms with E-state index in [9.17, 15) is 32.7 Å². The van der Waals surface area contributed by atoms with E-state index >= 15 is 0 Å². The van der Waals surface area contributed by atoms with Gasteiger partial charge in [-0.2, -0.15) is 4.39 Å². The number of rotatable bonds is 5. The lowest BCUT2D eigenvalue weighted by Gasteiger charge is -2.37. The summed E-state index contributed by atoms with van der Waals surface area (Å²) in [6.45, 7) is 2.54. The fraction of sp³-hybridized carbons (Fsp3) is 0.346. The van der Waals surface area contributed by atoms with Gasteiger partial charge in [0.15, 0.2) is 11.6 Å². The Balaban J connectivity index is 1.35. The fourth-order valence-electron chi connectivity index (χ4n) is 4.83. The molecule has 2 amide bonds. The van der Waals surface area contributed by atoms with Crippen LogP contribution < -0.4 is 20.4 Å². The van der Waals surface area contributed by atoms with Crippen molar-refractivity contribution in [2.45, 2.75) is 19.0 Å². The van der Waals surface area contributed by atoms with Crippen molar-refractivity contribution in [3.8, 4) is 5.75 Å². The van der Waals surface area contributed by atoms with Gasteiger partial charge in [0.1, 0.15) is 24.0 Å². The molecule has 0 saturated carbocycles. The van der Waals surface area contributed by atoms with Crippen LogP contribution in [0.1, 0.15) is 23.3 Å². The van der Waals surface area contributed by atoms with Crippen molar-refractivity contribution in [3.05, 3.63) is 69.8 Å². The summed E-state index contributed by atoms with van der Waals surface area (Å²) in [6, 6.07) is 5.01. The van der Waals surface area contributed by atoms with E-state index in [-0.39, 0.29) is 28.9 Å². The molecule has 12 heteroatoms. The Hall–Kier alpha value is -4.06. The zero-order valence-corrected chi connectivity index (χ0v) is 20.4. The Morgan fingerprint density at radius 1 is 1.13 bits per heavy atom. The first-order chi connectivity index (χ1) is 18.2. The van der Waals surface area contributed by atoms with Crippen LogP contribution in [0.2, 0.25) is 0 Å². The summed E-state index contributed by atoms with van der Waals surface area (Å²) < 4.78 is 48.5. The van der Waals surface area contributed by atoms with E-state index in [2.05, 4.69) is 5.32 Å². The van der Waals surface area contributed by atoms with Crippen molar-refractivity contribution < 1.29 is 32.6 Å². The molecule has 0 aliphatic carbocycles. The number of nitrogens with one attached hydrogen (secondary N) is 1. The third kappa shape index (κ3) is 4.44. The molecule has 9 nitrogen and oxygen atoms in total. The lowest BCUT2D eigenvalue weighted by Crippen LogP contribution is -2.56. The van der Waals surface area contributed by atoms with Gasteiger partial charge in [0, 0.05) is 38.1 Å². The molecule has 2 aliphatic rings. The number of ether oxygens (including phenoxy) is 1. The van der Waals surface area contributed by atoms with Gasteiger partial charge in [-0.3, -0.25) is 14.4 Å². The molecule has 0 spiro atoms. The average molecular weight is 531 g/mol. The summed E-state index contributed by atoms with van der Waals surface area (Å²) in [5.74, 6) is -4.71. The van der Waals surface area contributed by atoms with Gasteiger partial charge in [0.05, 0.1) is 23.6 Å². The first-order valence-corrected chi connectivity index (χ1v) is 12.1. The molecule has 0 radical (unpaired) electrons. The molecule has 2 atom stereocenters. The highest BCUT2D eigenvalue weighted by atomic mass is 19.2. The van der Waals surface area contributed by atoms with E-state index in [1.54, 1.807) is 19.1 Å². The first kappa shape index (κ1) is 25.6. The van der Waals surface area contributed by atoms with Crippen molar-refractivity contribution >= 4 is 28.4 Å². The number of aromatic nitrogens is 1. The summed E-state index contributed by atoms with van der Waals surface area (Å²) in [5, 5.41) is 12.1. The minimum atomic E-state index is -1.32. The third-order valence-corrected chi connectivity index (χ3v) is 6.92. The molecular formula is C26H25F3N4O5. The number of halogens is 3. The van der Waals surface area contributed by atoms with Crippen LogP contribution in [0, 0.1) is 17.5 Å². The van der Waals surface area contributed by atoms with Crippen LogP contribution in [0.3, 0.4) is 0 Å². The van der Waals surface area contributed by atoms with E-state index < -0.39 is 53.3 Å². The first-order valence-electron chi connectivity index (χ1n) is 12.1. The number of carbonyl (C=O) groups excluding carboxylic acids is 2. The van der Waals surface area contributed by atoms with Crippen molar-refractivity contribution in [2.24, 2.45) is 0 Å². The second kappa shape index (κ2) is 10.0. The van der Waals surface area contributed by atoms with Crippen LogP contribution in [0.15, 0.2) is 41.3 Å². The van der Waals surface area contributed by atoms with Crippen molar-refractivity contribution in [1.82, 2.24) is 14.8 Å². The van der Waals surface area contributed by atoms with Gasteiger partial charge in [0.25, 0.3) is 5.91 Å². The quantitative estimate of drug-likeness (QED) is 0.522. The predicted octanol–water partition coefficient (Wildman–Crippen LogP) is 1.81. The average Bonchev–Trinajstić information content (AvgIpc) is 2.92. The number of aliphatic hydroxyl groups excluding tert-OH is 1.